The van der Waals surface area contributed by atoms with E-state index in [-0.39, 0.29) is 17.9 Å². The summed E-state index contributed by atoms with van der Waals surface area (Å²) in [5.74, 6) is 1.11. The van der Waals surface area contributed by atoms with Crippen molar-refractivity contribution in [2.24, 2.45) is 11.8 Å². The van der Waals surface area contributed by atoms with E-state index in [4.69, 9.17) is 4.74 Å². The molecule has 4 atom stereocenters. The van der Waals surface area contributed by atoms with Crippen molar-refractivity contribution in [3.8, 4) is 0 Å². The van der Waals surface area contributed by atoms with Gasteiger partial charge in [0.2, 0.25) is 11.8 Å². The third kappa shape index (κ3) is 4.25. The fraction of sp³-hybridized carbons (Fsp3) is 0.682. The Hall–Kier alpha value is -2.15. The van der Waals surface area contributed by atoms with Crippen LogP contribution >= 0.6 is 0 Å². The number of nitrogens with zero attached hydrogens (tertiary/aromatic N) is 3. The van der Waals surface area contributed by atoms with E-state index in [9.17, 15) is 9.59 Å². The maximum atomic E-state index is 12.9. The minimum absolute atomic E-state index is 0.00703. The second kappa shape index (κ2) is 8.69. The largest absolute Gasteiger partial charge is 0.384 e. The van der Waals surface area contributed by atoms with Gasteiger partial charge >= 0.3 is 0 Å². The first-order valence-corrected chi connectivity index (χ1v) is 10.8. The van der Waals surface area contributed by atoms with Gasteiger partial charge in [-0.05, 0) is 50.2 Å². The summed E-state index contributed by atoms with van der Waals surface area (Å²) in [6.07, 6.45) is 6.04. The van der Waals surface area contributed by atoms with E-state index in [1.165, 1.54) is 5.69 Å². The molecule has 1 N–H and O–H groups in total. The van der Waals surface area contributed by atoms with Gasteiger partial charge in [0.25, 0.3) is 0 Å². The van der Waals surface area contributed by atoms with Gasteiger partial charge in [0, 0.05) is 63.2 Å². The molecule has 29 heavy (non-hydrogen) atoms. The van der Waals surface area contributed by atoms with Gasteiger partial charge in [-0.15, -0.1) is 0 Å². The molecule has 0 unspecified atom stereocenters. The van der Waals surface area contributed by atoms with Gasteiger partial charge in [0.05, 0.1) is 12.6 Å². The van der Waals surface area contributed by atoms with Crippen molar-refractivity contribution in [1.82, 2.24) is 15.2 Å². The second-order valence-corrected chi connectivity index (χ2v) is 8.69. The molecule has 158 valence electrons. The summed E-state index contributed by atoms with van der Waals surface area (Å²) in [6, 6.07) is 4.59. The van der Waals surface area contributed by atoms with E-state index in [1.54, 1.807) is 7.11 Å². The van der Waals surface area contributed by atoms with Crippen LogP contribution < -0.4 is 10.2 Å². The third-order valence-electron chi connectivity index (χ3n) is 6.78. The van der Waals surface area contributed by atoms with Crippen molar-refractivity contribution in [3.05, 3.63) is 24.0 Å². The molecule has 7 nitrogen and oxygen atoms in total. The molecular formula is C22H32N4O3. The number of carbonyl (C=O) groups excluding carboxylic acids is 2. The number of nitrogens with one attached hydrogen (secondary N) is 1. The summed E-state index contributed by atoms with van der Waals surface area (Å²) in [6.45, 7) is 4.87. The Bertz CT molecular complexity index is 755. The molecule has 0 aliphatic carbocycles. The number of aryl methyl sites for hydroxylation is 1. The minimum Gasteiger partial charge on any atom is -0.384 e. The summed E-state index contributed by atoms with van der Waals surface area (Å²) in [4.78, 5) is 34.0. The predicted molar refractivity (Wildman–Crippen MR) is 111 cm³/mol. The van der Waals surface area contributed by atoms with E-state index in [0.717, 1.165) is 38.0 Å². The summed E-state index contributed by atoms with van der Waals surface area (Å²) in [5.41, 5.74) is 2.24. The van der Waals surface area contributed by atoms with Crippen molar-refractivity contribution < 1.29 is 14.3 Å². The van der Waals surface area contributed by atoms with Crippen LogP contribution in [0.3, 0.4) is 0 Å². The third-order valence-corrected chi connectivity index (χ3v) is 6.78. The zero-order chi connectivity index (χ0) is 20.4. The van der Waals surface area contributed by atoms with Crippen LogP contribution in [0.25, 0.3) is 0 Å². The van der Waals surface area contributed by atoms with E-state index in [2.05, 4.69) is 32.2 Å². The first kappa shape index (κ1) is 20.1. The molecule has 2 bridgehead atoms. The Morgan fingerprint density at radius 1 is 1.34 bits per heavy atom. The lowest BCUT2D eigenvalue weighted by Crippen LogP contribution is -2.67. The van der Waals surface area contributed by atoms with Crippen LogP contribution in [-0.4, -0.2) is 67.1 Å². The maximum Gasteiger partial charge on any atom is 0.223 e. The van der Waals surface area contributed by atoms with Gasteiger partial charge in [-0.1, -0.05) is 0 Å². The standard InChI is InChI=1S/C22H32N4O3/c1-15-10-18(6-8-23-15)25-13-16-11-17(14-25)20(12-24-21(27)7-9-29-2)26-19(16)4-3-5-22(26)28/h6,8,10,16-17,19-20H,3-5,7,9,11-14H2,1-2H3,(H,24,27)/t16-,17+,19+,20+/m1/s1. The Balaban J connectivity index is 1.53. The molecule has 4 heterocycles. The Morgan fingerprint density at radius 2 is 2.17 bits per heavy atom. The number of carbonyl (C=O) groups is 2. The van der Waals surface area contributed by atoms with Gasteiger partial charge in [-0.2, -0.15) is 0 Å². The molecule has 7 heteroatoms. The number of amides is 2. The average molecular weight is 401 g/mol. The zero-order valence-corrected chi connectivity index (χ0v) is 17.5. The molecule has 0 radical (unpaired) electrons. The molecule has 0 spiro atoms. The zero-order valence-electron chi connectivity index (χ0n) is 17.5. The van der Waals surface area contributed by atoms with Crippen LogP contribution in [0.4, 0.5) is 5.69 Å². The highest BCUT2D eigenvalue weighted by Crippen LogP contribution is 2.42. The molecule has 3 aliphatic rings. The first-order chi connectivity index (χ1) is 14.1. The molecule has 3 saturated heterocycles. The van der Waals surface area contributed by atoms with Crippen molar-refractivity contribution in [2.75, 3.05) is 38.3 Å². The molecule has 0 saturated carbocycles. The van der Waals surface area contributed by atoms with E-state index >= 15 is 0 Å². The summed E-state index contributed by atoms with van der Waals surface area (Å²) in [7, 11) is 1.60. The SMILES string of the molecule is COCCC(=O)NC[C@H]1[C@H]2C[C@H](CN(c3ccnc(C)c3)C2)[C@@H]2CCCC(=O)N21. The number of hydrogen-bond acceptors (Lipinski definition) is 5. The van der Waals surface area contributed by atoms with Crippen molar-refractivity contribution in [2.45, 2.75) is 51.1 Å². The van der Waals surface area contributed by atoms with Crippen LogP contribution in [0.1, 0.15) is 37.8 Å². The molecule has 0 aromatic carbocycles. The fourth-order valence-electron chi connectivity index (χ4n) is 5.48. The maximum absolute atomic E-state index is 12.9. The first-order valence-electron chi connectivity index (χ1n) is 10.8. The second-order valence-electron chi connectivity index (χ2n) is 8.69. The number of hydrogen-bond donors (Lipinski definition) is 1. The van der Waals surface area contributed by atoms with Crippen LogP contribution in [0.2, 0.25) is 0 Å². The highest BCUT2D eigenvalue weighted by Gasteiger charge is 2.49. The Labute approximate surface area is 172 Å². The number of anilines is 1. The smallest absolute Gasteiger partial charge is 0.223 e. The van der Waals surface area contributed by atoms with Crippen molar-refractivity contribution in [3.63, 3.8) is 0 Å². The molecule has 2 amide bonds. The topological polar surface area (TPSA) is 74.8 Å². The van der Waals surface area contributed by atoms with Gasteiger partial charge in [-0.3, -0.25) is 14.6 Å². The lowest BCUT2D eigenvalue weighted by molar-refractivity contribution is -0.149. The van der Waals surface area contributed by atoms with Crippen molar-refractivity contribution in [1.29, 1.82) is 0 Å². The van der Waals surface area contributed by atoms with Gasteiger partial charge < -0.3 is 19.9 Å². The molecule has 1 aromatic rings. The van der Waals surface area contributed by atoms with Gasteiger partial charge in [-0.25, -0.2) is 0 Å². The van der Waals surface area contributed by atoms with Crippen LogP contribution in [0, 0.1) is 18.8 Å². The molecule has 1 aromatic heterocycles. The quantitative estimate of drug-likeness (QED) is 0.787. The summed E-state index contributed by atoms with van der Waals surface area (Å²) < 4.78 is 5.01. The minimum atomic E-state index is -0.00703. The van der Waals surface area contributed by atoms with Crippen LogP contribution in [0.5, 0.6) is 0 Å². The molecule has 3 aliphatic heterocycles. The summed E-state index contributed by atoms with van der Waals surface area (Å²) >= 11 is 0. The van der Waals surface area contributed by atoms with E-state index < -0.39 is 0 Å². The van der Waals surface area contributed by atoms with E-state index in [1.807, 2.05) is 13.1 Å². The van der Waals surface area contributed by atoms with Crippen LogP contribution in [-0.2, 0) is 14.3 Å². The number of rotatable bonds is 6. The number of aromatic nitrogens is 1. The number of ether oxygens (including phenoxy) is 1. The molecule has 3 fully saturated rings. The lowest BCUT2D eigenvalue weighted by Gasteiger charge is -2.57. The highest BCUT2D eigenvalue weighted by atomic mass is 16.5. The number of methoxy groups -OCH3 is 1. The Morgan fingerprint density at radius 3 is 2.97 bits per heavy atom. The number of fused-ring (bicyclic) bond motifs is 4. The van der Waals surface area contributed by atoms with Crippen molar-refractivity contribution >= 4 is 17.5 Å². The van der Waals surface area contributed by atoms with Gasteiger partial charge in [0.1, 0.15) is 0 Å². The van der Waals surface area contributed by atoms with E-state index in [0.29, 0.717) is 43.9 Å². The highest BCUT2D eigenvalue weighted by molar-refractivity contribution is 5.79. The number of pyridine rings is 1. The number of piperidine rings is 3. The predicted octanol–water partition coefficient (Wildman–Crippen LogP) is 1.75. The normalized spacial score (nSPS) is 28.8. The average Bonchev–Trinajstić information content (AvgIpc) is 2.72. The Kier molecular flexibility index (Phi) is 6.04. The summed E-state index contributed by atoms with van der Waals surface area (Å²) in [5, 5.41) is 3.07. The molecular weight excluding hydrogens is 368 g/mol. The fourth-order valence-corrected chi connectivity index (χ4v) is 5.48. The lowest BCUT2D eigenvalue weighted by atomic mass is 9.72. The monoisotopic (exact) mass is 400 g/mol. The molecule has 4 rings (SSSR count). The van der Waals surface area contributed by atoms with Crippen LogP contribution in [0.15, 0.2) is 18.3 Å². The van der Waals surface area contributed by atoms with Gasteiger partial charge in [0.15, 0.2) is 0 Å².